The van der Waals surface area contributed by atoms with Crippen molar-refractivity contribution in [3.8, 4) is 16.9 Å². The van der Waals surface area contributed by atoms with Gasteiger partial charge in [0.1, 0.15) is 11.5 Å². The van der Waals surface area contributed by atoms with Gasteiger partial charge in [-0.05, 0) is 17.7 Å². The predicted octanol–water partition coefficient (Wildman–Crippen LogP) is 3.44. The first-order valence-corrected chi connectivity index (χ1v) is 8.60. The summed E-state index contributed by atoms with van der Waals surface area (Å²) in [5.41, 5.74) is 2.42. The molecule has 0 bridgehead atoms. The maximum atomic E-state index is 12.3. The Morgan fingerprint density at radius 2 is 2.07 bits per heavy atom. The summed E-state index contributed by atoms with van der Waals surface area (Å²) < 4.78 is 15.4. The smallest absolute Gasteiger partial charge is 0.226 e. The fourth-order valence-corrected chi connectivity index (χ4v) is 2.78. The molecule has 1 aromatic carbocycles. The number of rotatable bonds is 8. The number of carbonyl (C=O) groups excluding carboxylic acids is 1. The number of hydrogen-bond acceptors (Lipinski definition) is 6. The molecule has 0 radical (unpaired) electrons. The van der Waals surface area contributed by atoms with Gasteiger partial charge in [0.05, 0.1) is 19.4 Å². The third-order valence-electron chi connectivity index (χ3n) is 3.90. The molecule has 0 spiro atoms. The minimum atomic E-state index is -0.201. The SMILES string of the molecule is COCc1[nH]nc(NC(=O)CCc2cc(Cl)no2)c1-c1ccc(OC)cc1. The van der Waals surface area contributed by atoms with E-state index in [0.29, 0.717) is 24.6 Å². The first-order valence-electron chi connectivity index (χ1n) is 8.22. The number of nitrogens with one attached hydrogen (secondary N) is 2. The summed E-state index contributed by atoms with van der Waals surface area (Å²) in [7, 11) is 3.20. The summed E-state index contributed by atoms with van der Waals surface area (Å²) in [5, 5.41) is 13.8. The van der Waals surface area contributed by atoms with Gasteiger partial charge in [-0.25, -0.2) is 0 Å². The molecule has 3 rings (SSSR count). The van der Waals surface area contributed by atoms with Crippen LogP contribution in [0, 0.1) is 0 Å². The molecule has 0 aliphatic heterocycles. The lowest BCUT2D eigenvalue weighted by molar-refractivity contribution is -0.116. The van der Waals surface area contributed by atoms with E-state index in [-0.39, 0.29) is 17.5 Å². The molecule has 0 aliphatic rings. The van der Waals surface area contributed by atoms with E-state index in [1.807, 2.05) is 24.3 Å². The van der Waals surface area contributed by atoms with Crippen molar-refractivity contribution < 1.29 is 18.8 Å². The van der Waals surface area contributed by atoms with Crippen molar-refractivity contribution in [2.75, 3.05) is 19.5 Å². The molecule has 2 aromatic heterocycles. The number of methoxy groups -OCH3 is 2. The van der Waals surface area contributed by atoms with Crippen LogP contribution in [-0.4, -0.2) is 35.5 Å². The molecule has 0 aliphatic carbocycles. The van der Waals surface area contributed by atoms with E-state index in [4.69, 9.17) is 25.6 Å². The molecule has 0 saturated carbocycles. The normalized spacial score (nSPS) is 10.8. The molecule has 0 unspecified atom stereocenters. The summed E-state index contributed by atoms with van der Waals surface area (Å²) in [5.74, 6) is 1.53. The third kappa shape index (κ3) is 4.66. The lowest BCUT2D eigenvalue weighted by atomic mass is 10.1. The number of ether oxygens (including phenoxy) is 2. The van der Waals surface area contributed by atoms with E-state index in [2.05, 4.69) is 20.7 Å². The molecule has 2 N–H and O–H groups in total. The van der Waals surface area contributed by atoms with Gasteiger partial charge in [-0.3, -0.25) is 9.89 Å². The Labute approximate surface area is 160 Å². The Hall–Kier alpha value is -2.84. The van der Waals surface area contributed by atoms with Crippen LogP contribution in [0.25, 0.3) is 11.1 Å². The summed E-state index contributed by atoms with van der Waals surface area (Å²) >= 11 is 5.71. The Morgan fingerprint density at radius 1 is 1.30 bits per heavy atom. The highest BCUT2D eigenvalue weighted by Gasteiger charge is 2.18. The van der Waals surface area contributed by atoms with E-state index in [9.17, 15) is 4.79 Å². The van der Waals surface area contributed by atoms with Crippen LogP contribution in [0.4, 0.5) is 5.82 Å². The number of aromatic nitrogens is 3. The molecular weight excluding hydrogens is 372 g/mol. The second-order valence-electron chi connectivity index (χ2n) is 5.75. The van der Waals surface area contributed by atoms with Crippen LogP contribution >= 0.6 is 11.6 Å². The zero-order valence-corrected chi connectivity index (χ0v) is 15.7. The zero-order chi connectivity index (χ0) is 19.2. The van der Waals surface area contributed by atoms with Gasteiger partial charge in [-0.1, -0.05) is 28.9 Å². The number of halogens is 1. The fraction of sp³-hybridized carbons (Fsp3) is 0.278. The van der Waals surface area contributed by atoms with Gasteiger partial charge < -0.3 is 19.3 Å². The number of H-pyrrole nitrogens is 1. The third-order valence-corrected chi connectivity index (χ3v) is 4.07. The minimum Gasteiger partial charge on any atom is -0.497 e. The number of benzene rings is 1. The van der Waals surface area contributed by atoms with Gasteiger partial charge in [0.25, 0.3) is 0 Å². The van der Waals surface area contributed by atoms with E-state index in [1.54, 1.807) is 20.3 Å². The van der Waals surface area contributed by atoms with Crippen molar-refractivity contribution >= 4 is 23.3 Å². The predicted molar refractivity (Wildman–Crippen MR) is 99.8 cm³/mol. The average molecular weight is 391 g/mol. The standard InChI is InChI=1S/C18H19ClN4O4/c1-25-10-14-17(11-3-5-12(26-2)6-4-11)18(22-21-14)20-16(24)8-7-13-9-15(19)23-27-13/h3-6,9H,7-8,10H2,1-2H3,(H2,20,21,22,24). The van der Waals surface area contributed by atoms with Gasteiger partial charge in [0.2, 0.25) is 5.91 Å². The summed E-state index contributed by atoms with van der Waals surface area (Å²) in [6.07, 6.45) is 0.596. The molecular formula is C18H19ClN4O4. The molecule has 0 saturated heterocycles. The van der Waals surface area contributed by atoms with Crippen molar-refractivity contribution in [2.45, 2.75) is 19.4 Å². The van der Waals surface area contributed by atoms with Crippen molar-refractivity contribution in [1.82, 2.24) is 15.4 Å². The van der Waals surface area contributed by atoms with E-state index in [1.165, 1.54) is 0 Å². The first-order chi connectivity index (χ1) is 13.1. The number of hydrogen-bond donors (Lipinski definition) is 2. The maximum Gasteiger partial charge on any atom is 0.226 e. The van der Waals surface area contributed by atoms with Crippen LogP contribution in [-0.2, 0) is 22.6 Å². The Balaban J connectivity index is 1.76. The topological polar surface area (TPSA) is 102 Å². The molecule has 3 aromatic rings. The quantitative estimate of drug-likeness (QED) is 0.610. The largest absolute Gasteiger partial charge is 0.497 e. The van der Waals surface area contributed by atoms with E-state index >= 15 is 0 Å². The van der Waals surface area contributed by atoms with Crippen molar-refractivity contribution in [3.63, 3.8) is 0 Å². The summed E-state index contributed by atoms with van der Waals surface area (Å²) in [6, 6.07) is 9.07. The van der Waals surface area contributed by atoms with Gasteiger partial charge in [0, 0.05) is 31.6 Å². The Morgan fingerprint density at radius 3 is 2.70 bits per heavy atom. The molecule has 0 fully saturated rings. The monoisotopic (exact) mass is 390 g/mol. The van der Waals surface area contributed by atoms with Crippen LogP contribution in [0.5, 0.6) is 5.75 Å². The fourth-order valence-electron chi connectivity index (χ4n) is 2.62. The number of carbonyl (C=O) groups is 1. The van der Waals surface area contributed by atoms with Crippen molar-refractivity contribution in [3.05, 3.63) is 46.9 Å². The Bertz CT molecular complexity index is 904. The number of aromatic amines is 1. The lowest BCUT2D eigenvalue weighted by Gasteiger charge is -2.08. The number of anilines is 1. The summed E-state index contributed by atoms with van der Waals surface area (Å²) in [4.78, 5) is 12.3. The second-order valence-corrected chi connectivity index (χ2v) is 6.14. The number of amides is 1. The molecule has 142 valence electrons. The van der Waals surface area contributed by atoms with Crippen LogP contribution in [0.2, 0.25) is 5.15 Å². The van der Waals surface area contributed by atoms with E-state index < -0.39 is 0 Å². The highest BCUT2D eigenvalue weighted by Crippen LogP contribution is 2.31. The van der Waals surface area contributed by atoms with Gasteiger partial charge in [-0.15, -0.1) is 0 Å². The van der Waals surface area contributed by atoms with Crippen LogP contribution < -0.4 is 10.1 Å². The van der Waals surface area contributed by atoms with Gasteiger partial charge in [-0.2, -0.15) is 5.10 Å². The molecule has 9 heteroatoms. The zero-order valence-electron chi connectivity index (χ0n) is 14.9. The molecule has 0 atom stereocenters. The average Bonchev–Trinajstić information content (AvgIpc) is 3.26. The summed E-state index contributed by atoms with van der Waals surface area (Å²) in [6.45, 7) is 0.334. The van der Waals surface area contributed by atoms with Crippen molar-refractivity contribution in [1.29, 1.82) is 0 Å². The first kappa shape index (κ1) is 18.9. The highest BCUT2D eigenvalue weighted by atomic mass is 35.5. The van der Waals surface area contributed by atoms with Crippen molar-refractivity contribution in [2.24, 2.45) is 0 Å². The minimum absolute atomic E-state index is 0.201. The second kappa shape index (κ2) is 8.70. The Kier molecular flexibility index (Phi) is 6.10. The highest BCUT2D eigenvalue weighted by molar-refractivity contribution is 6.29. The molecule has 2 heterocycles. The molecule has 27 heavy (non-hydrogen) atoms. The molecule has 1 amide bonds. The van der Waals surface area contributed by atoms with Crippen LogP contribution in [0.15, 0.2) is 34.9 Å². The van der Waals surface area contributed by atoms with Crippen LogP contribution in [0.3, 0.4) is 0 Å². The van der Waals surface area contributed by atoms with E-state index in [0.717, 1.165) is 22.6 Å². The maximum absolute atomic E-state index is 12.3. The van der Waals surface area contributed by atoms with Gasteiger partial charge >= 0.3 is 0 Å². The van der Waals surface area contributed by atoms with Gasteiger partial charge in [0.15, 0.2) is 11.0 Å². The number of nitrogens with zero attached hydrogens (tertiary/aromatic N) is 2. The molecule has 8 nitrogen and oxygen atoms in total. The van der Waals surface area contributed by atoms with Crippen LogP contribution in [0.1, 0.15) is 17.9 Å². The number of aryl methyl sites for hydroxylation is 1. The lowest BCUT2D eigenvalue weighted by Crippen LogP contribution is -2.13.